The monoisotopic (exact) mass is 421 g/mol. The van der Waals surface area contributed by atoms with Crippen molar-refractivity contribution in [2.75, 3.05) is 0 Å². The second-order valence-corrected chi connectivity index (χ2v) is 8.44. The van der Waals surface area contributed by atoms with Gasteiger partial charge in [0.25, 0.3) is 5.91 Å². The highest BCUT2D eigenvalue weighted by Crippen LogP contribution is 2.39. The van der Waals surface area contributed by atoms with Gasteiger partial charge in [-0.25, -0.2) is 0 Å². The fourth-order valence-corrected chi connectivity index (χ4v) is 3.84. The van der Waals surface area contributed by atoms with Crippen molar-refractivity contribution in [1.29, 1.82) is 0 Å². The summed E-state index contributed by atoms with van der Waals surface area (Å²) in [4.78, 5) is 12.9. The zero-order chi connectivity index (χ0) is 21.1. The van der Waals surface area contributed by atoms with Crippen LogP contribution in [0, 0.1) is 0 Å². The Morgan fingerprint density at radius 2 is 1.77 bits per heavy atom. The quantitative estimate of drug-likeness (QED) is 0.553. The summed E-state index contributed by atoms with van der Waals surface area (Å²) < 4.78 is 11.8. The maximum atomic E-state index is 12.9. The molecular weight excluding hydrogens is 398 g/mol. The number of ether oxygens (including phenoxy) is 2. The van der Waals surface area contributed by atoms with Crippen molar-refractivity contribution in [3.8, 4) is 11.5 Å². The second kappa shape index (κ2) is 8.41. The van der Waals surface area contributed by atoms with Gasteiger partial charge >= 0.3 is 0 Å². The van der Waals surface area contributed by atoms with Crippen molar-refractivity contribution >= 4 is 17.5 Å². The van der Waals surface area contributed by atoms with E-state index in [-0.39, 0.29) is 17.6 Å². The van der Waals surface area contributed by atoms with E-state index in [1.165, 1.54) is 0 Å². The van der Waals surface area contributed by atoms with Gasteiger partial charge in [-0.2, -0.15) is 0 Å². The van der Waals surface area contributed by atoms with Crippen LogP contribution in [-0.4, -0.2) is 11.5 Å². The number of para-hydroxylation sites is 1. The van der Waals surface area contributed by atoms with Crippen LogP contribution >= 0.6 is 11.6 Å². The summed E-state index contributed by atoms with van der Waals surface area (Å²) >= 11 is 6.16. The summed E-state index contributed by atoms with van der Waals surface area (Å²) in [7, 11) is 0. The number of fused-ring (bicyclic) bond motifs is 1. The molecule has 0 saturated carbocycles. The number of carbonyl (C=O) groups excluding carboxylic acids is 1. The largest absolute Gasteiger partial charge is 0.489 e. The number of hydrogen-bond acceptors (Lipinski definition) is 3. The molecule has 30 heavy (non-hydrogen) atoms. The van der Waals surface area contributed by atoms with Gasteiger partial charge in [0.05, 0.1) is 6.04 Å². The van der Waals surface area contributed by atoms with E-state index in [1.807, 2.05) is 62.4 Å². The van der Waals surface area contributed by atoms with E-state index in [1.54, 1.807) is 24.3 Å². The van der Waals surface area contributed by atoms with Crippen molar-refractivity contribution in [2.24, 2.45) is 0 Å². The topological polar surface area (TPSA) is 47.6 Å². The fourth-order valence-electron chi connectivity index (χ4n) is 3.65. The molecule has 154 valence electrons. The van der Waals surface area contributed by atoms with Crippen molar-refractivity contribution in [2.45, 2.75) is 38.5 Å². The van der Waals surface area contributed by atoms with Crippen LogP contribution in [0.1, 0.15) is 47.8 Å². The lowest BCUT2D eigenvalue weighted by Gasteiger charge is -2.37. The molecule has 4 nitrogen and oxygen atoms in total. The van der Waals surface area contributed by atoms with Crippen molar-refractivity contribution in [1.82, 2.24) is 5.32 Å². The number of rotatable bonds is 5. The first-order valence-corrected chi connectivity index (χ1v) is 10.3. The molecule has 3 aromatic carbocycles. The van der Waals surface area contributed by atoms with Gasteiger partial charge in [0.15, 0.2) is 0 Å². The molecule has 5 heteroatoms. The van der Waals surface area contributed by atoms with E-state index >= 15 is 0 Å². The predicted molar refractivity (Wildman–Crippen MR) is 118 cm³/mol. The zero-order valence-corrected chi connectivity index (χ0v) is 17.8. The first-order valence-electron chi connectivity index (χ1n) is 9.96. The second-order valence-electron chi connectivity index (χ2n) is 8.03. The molecule has 1 aliphatic heterocycles. The summed E-state index contributed by atoms with van der Waals surface area (Å²) in [5, 5.41) is 3.83. The van der Waals surface area contributed by atoms with Crippen LogP contribution in [0.15, 0.2) is 72.8 Å². The van der Waals surface area contributed by atoms with Crippen LogP contribution in [0.25, 0.3) is 0 Å². The summed E-state index contributed by atoms with van der Waals surface area (Å²) in [6.45, 7) is 4.44. The Bertz CT molecular complexity index is 1050. The molecule has 4 rings (SSSR count). The molecule has 0 unspecified atom stereocenters. The van der Waals surface area contributed by atoms with Crippen molar-refractivity contribution < 1.29 is 14.3 Å². The Morgan fingerprint density at radius 3 is 2.53 bits per heavy atom. The van der Waals surface area contributed by atoms with Crippen LogP contribution in [0.2, 0.25) is 5.02 Å². The highest BCUT2D eigenvalue weighted by molar-refractivity contribution is 6.31. The van der Waals surface area contributed by atoms with Crippen LogP contribution < -0.4 is 14.8 Å². The zero-order valence-electron chi connectivity index (χ0n) is 17.0. The highest BCUT2D eigenvalue weighted by atomic mass is 35.5. The molecule has 3 aromatic rings. The summed E-state index contributed by atoms with van der Waals surface area (Å²) in [6.07, 6.45) is 0.703. The molecule has 1 amide bonds. The molecule has 1 aliphatic rings. The number of halogens is 1. The van der Waals surface area contributed by atoms with Gasteiger partial charge in [0.2, 0.25) is 0 Å². The summed E-state index contributed by atoms with van der Waals surface area (Å²) in [5.41, 5.74) is 2.16. The van der Waals surface area contributed by atoms with Crippen LogP contribution in [0.4, 0.5) is 0 Å². The predicted octanol–water partition coefficient (Wildman–Crippen LogP) is 5.95. The Balaban J connectivity index is 1.42. The van der Waals surface area contributed by atoms with Gasteiger partial charge < -0.3 is 14.8 Å². The Hall–Kier alpha value is -2.98. The molecule has 1 heterocycles. The lowest BCUT2D eigenvalue weighted by atomic mass is 9.89. The Morgan fingerprint density at radius 1 is 1.07 bits per heavy atom. The lowest BCUT2D eigenvalue weighted by molar-refractivity contribution is 0.0619. The first kappa shape index (κ1) is 20.3. The maximum Gasteiger partial charge on any atom is 0.251 e. The minimum absolute atomic E-state index is 0.103. The number of nitrogens with one attached hydrogen (secondary N) is 1. The molecule has 0 spiro atoms. The molecule has 0 fully saturated rings. The van der Waals surface area contributed by atoms with E-state index in [9.17, 15) is 4.79 Å². The molecular formula is C25H24ClNO3. The van der Waals surface area contributed by atoms with E-state index < -0.39 is 0 Å². The molecule has 0 bridgehead atoms. The minimum atomic E-state index is -0.345. The third-order valence-corrected chi connectivity index (χ3v) is 5.52. The summed E-state index contributed by atoms with van der Waals surface area (Å²) in [6, 6.07) is 22.5. The average Bonchev–Trinajstić information content (AvgIpc) is 2.73. The van der Waals surface area contributed by atoms with Gasteiger partial charge in [-0.15, -0.1) is 0 Å². The molecule has 0 aromatic heterocycles. The van der Waals surface area contributed by atoms with Gasteiger partial charge in [-0.3, -0.25) is 4.79 Å². The standard InChI is InChI=1S/C25H24ClNO3/c1-25(2)15-22(20-8-4-6-10-23(20)30-25)27-24(28)17-11-13-19(14-12-17)29-16-18-7-3-5-9-21(18)26/h3-14,22H,15-16H2,1-2H3,(H,27,28)/t22-/m0/s1. The Labute approximate surface area is 181 Å². The molecule has 0 radical (unpaired) electrons. The van der Waals surface area contributed by atoms with E-state index in [0.29, 0.717) is 29.4 Å². The lowest BCUT2D eigenvalue weighted by Crippen LogP contribution is -2.41. The molecule has 0 aliphatic carbocycles. The number of benzene rings is 3. The SMILES string of the molecule is CC1(C)C[C@H](NC(=O)c2ccc(OCc3ccccc3Cl)cc2)c2ccccc2O1. The molecule has 0 saturated heterocycles. The highest BCUT2D eigenvalue weighted by Gasteiger charge is 2.34. The van der Waals surface area contributed by atoms with Gasteiger partial charge in [-0.05, 0) is 50.2 Å². The number of carbonyl (C=O) groups is 1. The normalized spacial score (nSPS) is 16.8. The van der Waals surface area contributed by atoms with E-state index in [0.717, 1.165) is 16.9 Å². The first-order chi connectivity index (χ1) is 14.4. The van der Waals surface area contributed by atoms with Crippen molar-refractivity contribution in [3.63, 3.8) is 0 Å². The van der Waals surface area contributed by atoms with Crippen molar-refractivity contribution in [3.05, 3.63) is 94.5 Å². The van der Waals surface area contributed by atoms with E-state index in [4.69, 9.17) is 21.1 Å². The fraction of sp³-hybridized carbons (Fsp3) is 0.240. The van der Waals surface area contributed by atoms with E-state index in [2.05, 4.69) is 5.32 Å². The van der Waals surface area contributed by atoms with Gasteiger partial charge in [0.1, 0.15) is 23.7 Å². The molecule has 1 N–H and O–H groups in total. The average molecular weight is 422 g/mol. The number of amides is 1. The van der Waals surface area contributed by atoms with Gasteiger partial charge in [-0.1, -0.05) is 48.0 Å². The third-order valence-electron chi connectivity index (χ3n) is 5.15. The minimum Gasteiger partial charge on any atom is -0.489 e. The number of hydrogen-bond donors (Lipinski definition) is 1. The third kappa shape index (κ3) is 4.60. The van der Waals surface area contributed by atoms with Gasteiger partial charge in [0, 0.05) is 28.1 Å². The molecule has 1 atom stereocenters. The van der Waals surface area contributed by atoms with Crippen LogP contribution in [0.3, 0.4) is 0 Å². The maximum absolute atomic E-state index is 12.9. The van der Waals surface area contributed by atoms with Crippen LogP contribution in [-0.2, 0) is 6.61 Å². The van der Waals surface area contributed by atoms with Crippen LogP contribution in [0.5, 0.6) is 11.5 Å². The Kier molecular flexibility index (Phi) is 5.69. The summed E-state index contributed by atoms with van der Waals surface area (Å²) in [5.74, 6) is 1.39. The smallest absolute Gasteiger partial charge is 0.251 e.